The van der Waals surface area contributed by atoms with E-state index in [1.807, 2.05) is 38.1 Å². The highest BCUT2D eigenvalue weighted by atomic mass is 16.5. The lowest BCUT2D eigenvalue weighted by atomic mass is 9.65. The van der Waals surface area contributed by atoms with E-state index >= 15 is 0 Å². The number of anilines is 1. The maximum absolute atomic E-state index is 14.3. The van der Waals surface area contributed by atoms with Gasteiger partial charge in [-0.25, -0.2) is 4.68 Å². The largest absolute Gasteiger partial charge is 0.494 e. The SMILES string of the molecule is CCOc1ccc(NC(=O)[C@H]2[C@H]3C(=O)N(CCCCCO)C(C(=O)NCn4nnc5ccccc54)C34CC[C@]2(CC)O4)cc1. The number of hydrogen-bond acceptors (Lipinski definition) is 8. The molecule has 3 aromatic rings. The Hall–Kier alpha value is -4.03. The van der Waals surface area contributed by atoms with Crippen molar-refractivity contribution in [2.45, 2.75) is 76.3 Å². The monoisotopic (exact) mass is 604 g/mol. The van der Waals surface area contributed by atoms with Crippen LogP contribution in [-0.2, 0) is 25.8 Å². The Labute approximate surface area is 256 Å². The predicted molar refractivity (Wildman–Crippen MR) is 161 cm³/mol. The van der Waals surface area contributed by atoms with Gasteiger partial charge in [-0.1, -0.05) is 24.3 Å². The van der Waals surface area contributed by atoms with Crippen molar-refractivity contribution in [1.82, 2.24) is 25.2 Å². The first-order valence-electron chi connectivity index (χ1n) is 15.6. The van der Waals surface area contributed by atoms with E-state index in [9.17, 15) is 19.5 Å². The fourth-order valence-corrected chi connectivity index (χ4v) is 7.53. The molecule has 0 aliphatic carbocycles. The van der Waals surface area contributed by atoms with Gasteiger partial charge >= 0.3 is 0 Å². The fourth-order valence-electron chi connectivity index (χ4n) is 7.53. The summed E-state index contributed by atoms with van der Waals surface area (Å²) in [6, 6.07) is 13.7. The highest BCUT2D eigenvalue weighted by molar-refractivity contribution is 6.02. The van der Waals surface area contributed by atoms with Crippen LogP contribution in [0.2, 0.25) is 0 Å². The van der Waals surface area contributed by atoms with E-state index in [-0.39, 0.29) is 31.0 Å². The van der Waals surface area contributed by atoms with E-state index in [0.29, 0.717) is 68.6 Å². The number of carbonyl (C=O) groups excluding carboxylic acids is 3. The van der Waals surface area contributed by atoms with Gasteiger partial charge in [-0.15, -0.1) is 5.10 Å². The quantitative estimate of drug-likeness (QED) is 0.252. The first-order valence-corrected chi connectivity index (χ1v) is 15.6. The second-order valence-corrected chi connectivity index (χ2v) is 11.9. The lowest BCUT2D eigenvalue weighted by Crippen LogP contribution is -2.55. The molecule has 4 heterocycles. The Morgan fingerprint density at radius 1 is 1.07 bits per heavy atom. The van der Waals surface area contributed by atoms with Gasteiger partial charge in [0, 0.05) is 18.8 Å². The smallest absolute Gasteiger partial charge is 0.247 e. The number of aliphatic hydroxyl groups excluding tert-OH is 1. The average molecular weight is 605 g/mol. The van der Waals surface area contributed by atoms with Crippen LogP contribution in [0.25, 0.3) is 11.0 Å². The van der Waals surface area contributed by atoms with Crippen molar-refractivity contribution in [1.29, 1.82) is 0 Å². The van der Waals surface area contributed by atoms with E-state index < -0.39 is 29.1 Å². The Balaban J connectivity index is 1.28. The summed E-state index contributed by atoms with van der Waals surface area (Å²) in [5, 5.41) is 23.6. The van der Waals surface area contributed by atoms with Crippen LogP contribution in [0.1, 0.15) is 52.4 Å². The third-order valence-electron chi connectivity index (χ3n) is 9.52. The lowest BCUT2D eigenvalue weighted by Gasteiger charge is -2.34. The molecule has 44 heavy (non-hydrogen) atoms. The van der Waals surface area contributed by atoms with Crippen LogP contribution in [0.3, 0.4) is 0 Å². The second-order valence-electron chi connectivity index (χ2n) is 11.9. The molecule has 0 radical (unpaired) electrons. The zero-order chi connectivity index (χ0) is 30.9. The van der Waals surface area contributed by atoms with Crippen LogP contribution in [0.4, 0.5) is 5.69 Å². The number of hydrogen-bond donors (Lipinski definition) is 3. The van der Waals surface area contributed by atoms with Crippen LogP contribution in [0.5, 0.6) is 5.75 Å². The van der Waals surface area contributed by atoms with Crippen molar-refractivity contribution in [2.24, 2.45) is 11.8 Å². The summed E-state index contributed by atoms with van der Waals surface area (Å²) in [6.07, 6.45) is 3.55. The summed E-state index contributed by atoms with van der Waals surface area (Å²) in [4.78, 5) is 44.0. The molecule has 3 fully saturated rings. The van der Waals surface area contributed by atoms with E-state index in [2.05, 4.69) is 20.9 Å². The summed E-state index contributed by atoms with van der Waals surface area (Å²) in [5.41, 5.74) is 0.119. The number of ether oxygens (including phenoxy) is 2. The number of aliphatic hydroxyl groups is 1. The fraction of sp³-hybridized carbons (Fsp3) is 0.531. The topological polar surface area (TPSA) is 148 Å². The first-order chi connectivity index (χ1) is 21.4. The van der Waals surface area contributed by atoms with Crippen LogP contribution >= 0.6 is 0 Å². The number of likely N-dealkylation sites (tertiary alicyclic amines) is 1. The number of nitrogens with one attached hydrogen (secondary N) is 2. The van der Waals surface area contributed by atoms with Gasteiger partial charge in [0.2, 0.25) is 17.7 Å². The molecule has 2 bridgehead atoms. The number of fused-ring (bicyclic) bond motifs is 2. The van der Waals surface area contributed by atoms with Crippen molar-refractivity contribution in [3.05, 3.63) is 48.5 Å². The summed E-state index contributed by atoms with van der Waals surface area (Å²) >= 11 is 0. The van der Waals surface area contributed by atoms with Gasteiger partial charge in [0.15, 0.2) is 0 Å². The molecule has 12 heteroatoms. The standard InChI is InChI=1S/C32H40N6O6/c1-3-31-16-17-32(44-31)26(25(31)28(40)34-21-12-14-22(15-13-21)43-4-2)30(42)37(18-8-5-9-19-39)27(32)29(41)33-20-38-24-11-7-6-10-23(24)35-36-38/h6-7,10-15,25-27,39H,3-5,8-9,16-20H2,1-2H3,(H,33,41)(H,34,40)/t25-,26+,27?,31+,32?/m1/s1. The van der Waals surface area contributed by atoms with Crippen molar-refractivity contribution in [3.8, 4) is 5.75 Å². The Bertz CT molecular complexity index is 1530. The second kappa shape index (κ2) is 12.2. The first kappa shape index (κ1) is 30.0. The Kier molecular flexibility index (Phi) is 8.30. The Morgan fingerprint density at radius 2 is 1.86 bits per heavy atom. The Morgan fingerprint density at radius 3 is 2.61 bits per heavy atom. The molecule has 5 atom stereocenters. The molecule has 6 rings (SSSR count). The normalized spacial score (nSPS) is 27.1. The summed E-state index contributed by atoms with van der Waals surface area (Å²) in [5.74, 6) is -1.71. The molecule has 234 valence electrons. The van der Waals surface area contributed by atoms with Crippen LogP contribution < -0.4 is 15.4 Å². The number of carbonyl (C=O) groups is 3. The van der Waals surface area contributed by atoms with Gasteiger partial charge in [0.05, 0.1) is 29.6 Å². The number of amides is 3. The number of benzene rings is 2. The summed E-state index contributed by atoms with van der Waals surface area (Å²) < 4.78 is 14.0. The van der Waals surface area contributed by atoms with Crippen molar-refractivity contribution < 1.29 is 29.0 Å². The number of unbranched alkanes of at least 4 members (excludes halogenated alkanes) is 2. The van der Waals surface area contributed by atoms with Crippen LogP contribution in [-0.4, -0.2) is 79.7 Å². The van der Waals surface area contributed by atoms with E-state index in [0.717, 1.165) is 5.52 Å². The molecular weight excluding hydrogens is 564 g/mol. The molecule has 12 nitrogen and oxygen atoms in total. The maximum atomic E-state index is 14.3. The molecule has 1 aromatic heterocycles. The number of nitrogens with zero attached hydrogens (tertiary/aromatic N) is 4. The highest BCUT2D eigenvalue weighted by Gasteiger charge is 2.78. The van der Waals surface area contributed by atoms with E-state index in [4.69, 9.17) is 9.47 Å². The number of aromatic nitrogens is 3. The summed E-state index contributed by atoms with van der Waals surface area (Å²) in [6.45, 7) is 4.88. The van der Waals surface area contributed by atoms with Crippen LogP contribution in [0.15, 0.2) is 48.5 Å². The molecule has 0 saturated carbocycles. The van der Waals surface area contributed by atoms with Gasteiger partial charge in [0.25, 0.3) is 0 Å². The molecular formula is C32H40N6O6. The minimum atomic E-state index is -1.13. The molecule has 3 aliphatic rings. The molecule has 3 amide bonds. The minimum absolute atomic E-state index is 0.0617. The zero-order valence-corrected chi connectivity index (χ0v) is 25.2. The van der Waals surface area contributed by atoms with E-state index in [1.54, 1.807) is 33.8 Å². The predicted octanol–water partition coefficient (Wildman–Crippen LogP) is 2.86. The van der Waals surface area contributed by atoms with Gasteiger partial charge < -0.3 is 30.1 Å². The average Bonchev–Trinajstić information content (AvgIpc) is 3.76. The van der Waals surface area contributed by atoms with Crippen LogP contribution in [0, 0.1) is 11.8 Å². The minimum Gasteiger partial charge on any atom is -0.494 e. The highest BCUT2D eigenvalue weighted by Crippen LogP contribution is 2.64. The molecule has 1 spiro atoms. The summed E-state index contributed by atoms with van der Waals surface area (Å²) in [7, 11) is 0. The van der Waals surface area contributed by atoms with Gasteiger partial charge in [-0.2, -0.15) is 0 Å². The molecule has 3 saturated heterocycles. The number of para-hydroxylation sites is 1. The molecule has 3 N–H and O–H groups in total. The molecule has 2 unspecified atom stereocenters. The van der Waals surface area contributed by atoms with Crippen molar-refractivity contribution >= 4 is 34.4 Å². The van der Waals surface area contributed by atoms with E-state index in [1.165, 1.54) is 0 Å². The maximum Gasteiger partial charge on any atom is 0.247 e. The van der Waals surface area contributed by atoms with Crippen molar-refractivity contribution in [2.75, 3.05) is 25.1 Å². The van der Waals surface area contributed by atoms with Gasteiger partial charge in [0.1, 0.15) is 29.6 Å². The molecule has 2 aromatic carbocycles. The third-order valence-corrected chi connectivity index (χ3v) is 9.52. The third kappa shape index (κ3) is 4.99. The lowest BCUT2D eigenvalue weighted by molar-refractivity contribution is -0.146. The number of rotatable bonds is 13. The van der Waals surface area contributed by atoms with Crippen molar-refractivity contribution in [3.63, 3.8) is 0 Å². The van der Waals surface area contributed by atoms with Gasteiger partial charge in [-0.05, 0) is 81.8 Å². The molecule has 3 aliphatic heterocycles. The zero-order valence-electron chi connectivity index (χ0n) is 25.2. The van der Waals surface area contributed by atoms with Gasteiger partial charge in [-0.3, -0.25) is 14.4 Å².